The first-order valence-corrected chi connectivity index (χ1v) is 9.04. The Morgan fingerprint density at radius 1 is 1.32 bits per heavy atom. The normalized spacial score (nSPS) is 16.6. The Kier molecular flexibility index (Phi) is 8.98. The predicted octanol–water partition coefficient (Wildman–Crippen LogP) is 4.12. The van der Waals surface area contributed by atoms with Crippen molar-refractivity contribution in [2.75, 3.05) is 32.8 Å². The SMILES string of the molecule is CCNC(=NCC(C)(C)Cc1cccc(Cl)c1)NCC1(C)COC1.I. The highest BCUT2D eigenvalue weighted by molar-refractivity contribution is 14.0. The summed E-state index contributed by atoms with van der Waals surface area (Å²) < 4.78 is 5.31. The van der Waals surface area contributed by atoms with Crippen LogP contribution in [0.5, 0.6) is 0 Å². The van der Waals surface area contributed by atoms with Gasteiger partial charge in [0.2, 0.25) is 0 Å². The number of halogens is 2. The third kappa shape index (κ3) is 7.71. The number of hydrogen-bond acceptors (Lipinski definition) is 2. The third-order valence-corrected chi connectivity index (χ3v) is 4.40. The van der Waals surface area contributed by atoms with Gasteiger partial charge >= 0.3 is 0 Å². The van der Waals surface area contributed by atoms with Crippen LogP contribution in [0.15, 0.2) is 29.3 Å². The summed E-state index contributed by atoms with van der Waals surface area (Å²) in [5.74, 6) is 0.879. The van der Waals surface area contributed by atoms with Crippen molar-refractivity contribution >= 4 is 41.5 Å². The Morgan fingerprint density at radius 2 is 2.04 bits per heavy atom. The standard InChI is InChI=1S/C19H30ClN3O.HI/c1-5-21-17(23-12-19(4)13-24-14-19)22-11-18(2,3)10-15-7-6-8-16(20)9-15;/h6-9H,5,10-14H2,1-4H3,(H2,21,22,23);1H. The molecule has 1 aromatic carbocycles. The molecule has 1 heterocycles. The van der Waals surface area contributed by atoms with E-state index < -0.39 is 0 Å². The zero-order chi connectivity index (χ0) is 17.6. The van der Waals surface area contributed by atoms with Crippen LogP contribution in [-0.2, 0) is 11.2 Å². The molecular weight excluding hydrogens is 449 g/mol. The Hall–Kier alpha value is -0.530. The highest BCUT2D eigenvalue weighted by Crippen LogP contribution is 2.25. The second-order valence-corrected chi connectivity index (χ2v) is 8.26. The van der Waals surface area contributed by atoms with Gasteiger partial charge in [-0.3, -0.25) is 4.99 Å². The molecule has 1 aromatic rings. The summed E-state index contributed by atoms with van der Waals surface area (Å²) in [7, 11) is 0. The zero-order valence-electron chi connectivity index (χ0n) is 15.7. The maximum absolute atomic E-state index is 6.09. The van der Waals surface area contributed by atoms with Gasteiger partial charge in [-0.05, 0) is 36.5 Å². The number of guanidine groups is 1. The molecule has 6 heteroatoms. The maximum atomic E-state index is 6.09. The lowest BCUT2D eigenvalue weighted by Crippen LogP contribution is -2.51. The van der Waals surface area contributed by atoms with Crippen LogP contribution in [0, 0.1) is 10.8 Å². The van der Waals surface area contributed by atoms with E-state index in [0.29, 0.717) is 0 Å². The minimum atomic E-state index is 0. The molecule has 142 valence electrons. The second-order valence-electron chi connectivity index (χ2n) is 7.82. The summed E-state index contributed by atoms with van der Waals surface area (Å²) in [6.45, 7) is 12.9. The first kappa shape index (κ1) is 22.5. The summed E-state index contributed by atoms with van der Waals surface area (Å²) in [5, 5.41) is 7.56. The summed E-state index contributed by atoms with van der Waals surface area (Å²) in [6, 6.07) is 8.07. The van der Waals surface area contributed by atoms with Crippen molar-refractivity contribution < 1.29 is 4.74 Å². The molecule has 0 radical (unpaired) electrons. The Bertz CT molecular complexity index is 574. The number of ether oxygens (including phenoxy) is 1. The van der Waals surface area contributed by atoms with Gasteiger partial charge in [-0.15, -0.1) is 24.0 Å². The smallest absolute Gasteiger partial charge is 0.191 e. The van der Waals surface area contributed by atoms with E-state index in [9.17, 15) is 0 Å². The van der Waals surface area contributed by atoms with Gasteiger partial charge in [-0.2, -0.15) is 0 Å². The van der Waals surface area contributed by atoms with Crippen LogP contribution in [-0.4, -0.2) is 38.8 Å². The van der Waals surface area contributed by atoms with Crippen molar-refractivity contribution in [1.29, 1.82) is 0 Å². The van der Waals surface area contributed by atoms with Crippen molar-refractivity contribution in [3.8, 4) is 0 Å². The van der Waals surface area contributed by atoms with Crippen molar-refractivity contribution in [1.82, 2.24) is 10.6 Å². The van der Waals surface area contributed by atoms with Crippen molar-refractivity contribution in [3.05, 3.63) is 34.9 Å². The second kappa shape index (κ2) is 9.97. The van der Waals surface area contributed by atoms with Crippen molar-refractivity contribution in [2.45, 2.75) is 34.1 Å². The van der Waals surface area contributed by atoms with Gasteiger partial charge in [0.15, 0.2) is 5.96 Å². The summed E-state index contributed by atoms with van der Waals surface area (Å²) in [4.78, 5) is 4.79. The van der Waals surface area contributed by atoms with Crippen molar-refractivity contribution in [3.63, 3.8) is 0 Å². The van der Waals surface area contributed by atoms with Crippen LogP contribution in [0.3, 0.4) is 0 Å². The highest BCUT2D eigenvalue weighted by Gasteiger charge is 2.33. The molecule has 4 nitrogen and oxygen atoms in total. The molecule has 0 aliphatic carbocycles. The van der Waals surface area contributed by atoms with Crippen LogP contribution >= 0.6 is 35.6 Å². The molecule has 0 unspecified atom stereocenters. The minimum Gasteiger partial charge on any atom is -0.380 e. The Balaban J connectivity index is 0.00000312. The van der Waals surface area contributed by atoms with E-state index in [4.69, 9.17) is 21.3 Å². The number of hydrogen-bond donors (Lipinski definition) is 2. The largest absolute Gasteiger partial charge is 0.380 e. The molecule has 25 heavy (non-hydrogen) atoms. The lowest BCUT2D eigenvalue weighted by Gasteiger charge is -2.38. The molecule has 0 atom stereocenters. The topological polar surface area (TPSA) is 45.7 Å². The number of aliphatic imine (C=N–C) groups is 1. The van der Waals surface area contributed by atoms with E-state index >= 15 is 0 Å². The van der Waals surface area contributed by atoms with Gasteiger partial charge in [-0.25, -0.2) is 0 Å². The van der Waals surface area contributed by atoms with E-state index in [2.05, 4.69) is 44.4 Å². The molecule has 1 aliphatic rings. The van der Waals surface area contributed by atoms with Crippen LogP contribution in [0.25, 0.3) is 0 Å². The van der Waals surface area contributed by atoms with E-state index in [1.54, 1.807) is 0 Å². The Labute approximate surface area is 174 Å². The lowest BCUT2D eigenvalue weighted by atomic mass is 9.86. The molecule has 2 rings (SSSR count). The van der Waals surface area contributed by atoms with Gasteiger partial charge in [0, 0.05) is 30.1 Å². The fourth-order valence-corrected chi connectivity index (χ4v) is 2.95. The molecule has 0 amide bonds. The molecule has 0 saturated carbocycles. The van der Waals surface area contributed by atoms with Gasteiger partial charge in [-0.1, -0.05) is 44.5 Å². The molecular formula is C19H31ClIN3O. The van der Waals surface area contributed by atoms with Gasteiger partial charge < -0.3 is 15.4 Å². The zero-order valence-corrected chi connectivity index (χ0v) is 18.8. The molecule has 1 saturated heterocycles. The molecule has 0 bridgehead atoms. The maximum Gasteiger partial charge on any atom is 0.191 e. The van der Waals surface area contributed by atoms with E-state index in [0.717, 1.165) is 50.3 Å². The van der Waals surface area contributed by atoms with Crippen LogP contribution in [0.1, 0.15) is 33.3 Å². The van der Waals surface area contributed by atoms with Crippen LogP contribution in [0.4, 0.5) is 0 Å². The minimum absolute atomic E-state index is 0. The highest BCUT2D eigenvalue weighted by atomic mass is 127. The fourth-order valence-electron chi connectivity index (χ4n) is 2.74. The average Bonchev–Trinajstić information content (AvgIpc) is 2.48. The lowest BCUT2D eigenvalue weighted by molar-refractivity contribution is -0.0971. The van der Waals surface area contributed by atoms with Gasteiger partial charge in [0.1, 0.15) is 0 Å². The predicted molar refractivity (Wildman–Crippen MR) is 117 cm³/mol. The van der Waals surface area contributed by atoms with Gasteiger partial charge in [0.05, 0.1) is 13.2 Å². The number of benzene rings is 1. The molecule has 1 fully saturated rings. The molecule has 2 N–H and O–H groups in total. The third-order valence-electron chi connectivity index (χ3n) is 4.16. The number of rotatable bonds is 7. The molecule has 0 aromatic heterocycles. The number of nitrogens with one attached hydrogen (secondary N) is 2. The first-order chi connectivity index (χ1) is 11.3. The summed E-state index contributed by atoms with van der Waals surface area (Å²) in [6.07, 6.45) is 0.946. The summed E-state index contributed by atoms with van der Waals surface area (Å²) in [5.41, 5.74) is 1.54. The molecule has 1 aliphatic heterocycles. The van der Waals surface area contributed by atoms with E-state index in [-0.39, 0.29) is 34.8 Å². The monoisotopic (exact) mass is 479 g/mol. The van der Waals surface area contributed by atoms with E-state index in [1.807, 2.05) is 18.2 Å². The van der Waals surface area contributed by atoms with Crippen molar-refractivity contribution in [2.24, 2.45) is 15.8 Å². The molecule has 0 spiro atoms. The fraction of sp³-hybridized carbons (Fsp3) is 0.632. The quantitative estimate of drug-likeness (QED) is 0.351. The number of nitrogens with zero attached hydrogens (tertiary/aromatic N) is 1. The van der Waals surface area contributed by atoms with Crippen LogP contribution < -0.4 is 10.6 Å². The van der Waals surface area contributed by atoms with Crippen LogP contribution in [0.2, 0.25) is 5.02 Å². The summed E-state index contributed by atoms with van der Waals surface area (Å²) >= 11 is 6.09. The van der Waals surface area contributed by atoms with E-state index in [1.165, 1.54) is 5.56 Å². The Morgan fingerprint density at radius 3 is 2.60 bits per heavy atom. The van der Waals surface area contributed by atoms with Gasteiger partial charge in [0.25, 0.3) is 0 Å². The average molecular weight is 480 g/mol. The first-order valence-electron chi connectivity index (χ1n) is 8.66.